The summed E-state index contributed by atoms with van der Waals surface area (Å²) in [6.45, 7) is 4.64. The zero-order valence-corrected chi connectivity index (χ0v) is 11.9. The van der Waals surface area contributed by atoms with Crippen LogP contribution in [0.15, 0.2) is 42.5 Å². The van der Waals surface area contributed by atoms with Gasteiger partial charge in [-0.25, -0.2) is 0 Å². The van der Waals surface area contributed by atoms with Gasteiger partial charge in [-0.05, 0) is 40.7 Å². The summed E-state index contributed by atoms with van der Waals surface area (Å²) in [7, 11) is 0. The minimum atomic E-state index is -0.185. The van der Waals surface area contributed by atoms with E-state index < -0.39 is 0 Å². The standard InChI is InChI=1S/C18H23N/c1-17(2)11-5-6-12-18(17,19)16-10-9-14-7-3-4-8-15(14)13-16/h3-4,7-10,13H,5-6,11-12,19H2,1-2H3. The molecular formula is C18H23N. The van der Waals surface area contributed by atoms with Crippen molar-refractivity contribution in [1.29, 1.82) is 0 Å². The summed E-state index contributed by atoms with van der Waals surface area (Å²) in [6, 6.07) is 15.3. The van der Waals surface area contributed by atoms with E-state index in [0.717, 1.165) is 6.42 Å². The Morgan fingerprint density at radius 2 is 1.58 bits per heavy atom. The molecule has 1 unspecified atom stereocenters. The molecular weight excluding hydrogens is 230 g/mol. The zero-order valence-electron chi connectivity index (χ0n) is 11.9. The Balaban J connectivity index is 2.12. The summed E-state index contributed by atoms with van der Waals surface area (Å²) in [5.41, 5.74) is 8.14. The van der Waals surface area contributed by atoms with E-state index in [1.807, 2.05) is 0 Å². The van der Waals surface area contributed by atoms with Crippen LogP contribution in [0.1, 0.15) is 45.1 Å². The van der Waals surface area contributed by atoms with Crippen LogP contribution in [-0.2, 0) is 5.54 Å². The molecule has 3 rings (SSSR count). The van der Waals surface area contributed by atoms with E-state index in [1.54, 1.807) is 0 Å². The molecule has 0 saturated heterocycles. The molecule has 1 aliphatic carbocycles. The Hall–Kier alpha value is -1.34. The topological polar surface area (TPSA) is 26.0 Å². The monoisotopic (exact) mass is 253 g/mol. The SMILES string of the molecule is CC1(C)CCCCC1(N)c1ccc2ccccc2c1. The Morgan fingerprint density at radius 1 is 0.895 bits per heavy atom. The number of hydrogen-bond acceptors (Lipinski definition) is 1. The average Bonchev–Trinajstić information content (AvgIpc) is 2.41. The van der Waals surface area contributed by atoms with Crippen molar-refractivity contribution in [1.82, 2.24) is 0 Å². The van der Waals surface area contributed by atoms with Crippen LogP contribution in [0.4, 0.5) is 0 Å². The summed E-state index contributed by atoms with van der Waals surface area (Å²) >= 11 is 0. The van der Waals surface area contributed by atoms with Crippen molar-refractivity contribution in [2.24, 2.45) is 11.1 Å². The number of rotatable bonds is 1. The van der Waals surface area contributed by atoms with E-state index in [0.29, 0.717) is 0 Å². The molecule has 2 aromatic carbocycles. The minimum absolute atomic E-state index is 0.174. The molecule has 1 nitrogen and oxygen atoms in total. The largest absolute Gasteiger partial charge is 0.321 e. The summed E-state index contributed by atoms with van der Waals surface area (Å²) in [4.78, 5) is 0. The van der Waals surface area contributed by atoms with E-state index in [9.17, 15) is 0 Å². The van der Waals surface area contributed by atoms with E-state index >= 15 is 0 Å². The third-order valence-corrected chi connectivity index (χ3v) is 5.10. The van der Waals surface area contributed by atoms with Crippen LogP contribution >= 0.6 is 0 Å². The lowest BCUT2D eigenvalue weighted by atomic mass is 9.61. The molecule has 1 fully saturated rings. The van der Waals surface area contributed by atoms with Gasteiger partial charge in [0.05, 0.1) is 0 Å². The first kappa shape index (κ1) is 12.7. The highest BCUT2D eigenvalue weighted by molar-refractivity contribution is 5.83. The van der Waals surface area contributed by atoms with Crippen molar-refractivity contribution in [2.45, 2.75) is 45.1 Å². The minimum Gasteiger partial charge on any atom is -0.321 e. The summed E-state index contributed by atoms with van der Waals surface area (Å²) < 4.78 is 0. The predicted molar refractivity (Wildman–Crippen MR) is 82.1 cm³/mol. The lowest BCUT2D eigenvalue weighted by Gasteiger charge is -2.48. The molecule has 0 bridgehead atoms. The van der Waals surface area contributed by atoms with Gasteiger partial charge in [0.1, 0.15) is 0 Å². The van der Waals surface area contributed by atoms with Crippen LogP contribution < -0.4 is 5.73 Å². The van der Waals surface area contributed by atoms with Crippen LogP contribution in [0.5, 0.6) is 0 Å². The highest BCUT2D eigenvalue weighted by atomic mass is 14.8. The van der Waals surface area contributed by atoms with E-state index in [2.05, 4.69) is 56.3 Å². The molecule has 2 N–H and O–H groups in total. The molecule has 0 amide bonds. The molecule has 0 heterocycles. The number of benzene rings is 2. The van der Waals surface area contributed by atoms with Gasteiger partial charge in [0.2, 0.25) is 0 Å². The molecule has 0 aromatic heterocycles. The van der Waals surface area contributed by atoms with Crippen LogP contribution in [0.25, 0.3) is 10.8 Å². The molecule has 1 aliphatic rings. The predicted octanol–water partition coefficient (Wildman–Crippen LogP) is 4.59. The second kappa shape index (κ2) is 4.35. The third-order valence-electron chi connectivity index (χ3n) is 5.10. The quantitative estimate of drug-likeness (QED) is 0.790. The zero-order chi connectivity index (χ0) is 13.5. The van der Waals surface area contributed by atoms with E-state index in [-0.39, 0.29) is 11.0 Å². The molecule has 1 atom stereocenters. The molecule has 1 heteroatoms. The van der Waals surface area contributed by atoms with E-state index in [1.165, 1.54) is 35.6 Å². The normalized spacial score (nSPS) is 26.5. The van der Waals surface area contributed by atoms with Gasteiger partial charge in [-0.3, -0.25) is 0 Å². The maximum atomic E-state index is 6.85. The van der Waals surface area contributed by atoms with Gasteiger partial charge >= 0.3 is 0 Å². The van der Waals surface area contributed by atoms with Gasteiger partial charge in [-0.1, -0.05) is 63.1 Å². The smallest absolute Gasteiger partial charge is 0.0461 e. The second-order valence-corrected chi connectivity index (χ2v) is 6.62. The number of nitrogens with two attached hydrogens (primary N) is 1. The Labute approximate surface area is 115 Å². The van der Waals surface area contributed by atoms with Crippen molar-refractivity contribution in [3.63, 3.8) is 0 Å². The molecule has 1 saturated carbocycles. The Bertz CT molecular complexity index is 599. The van der Waals surface area contributed by atoms with Crippen molar-refractivity contribution in [3.8, 4) is 0 Å². The Morgan fingerprint density at radius 3 is 2.32 bits per heavy atom. The molecule has 0 aliphatic heterocycles. The first-order chi connectivity index (χ1) is 9.03. The van der Waals surface area contributed by atoms with Crippen LogP contribution in [0, 0.1) is 5.41 Å². The molecule has 0 radical (unpaired) electrons. The van der Waals surface area contributed by atoms with Gasteiger partial charge in [-0.15, -0.1) is 0 Å². The van der Waals surface area contributed by atoms with E-state index in [4.69, 9.17) is 5.73 Å². The maximum absolute atomic E-state index is 6.85. The first-order valence-electron chi connectivity index (χ1n) is 7.31. The highest BCUT2D eigenvalue weighted by Gasteiger charge is 2.44. The number of hydrogen-bond donors (Lipinski definition) is 1. The maximum Gasteiger partial charge on any atom is 0.0461 e. The summed E-state index contributed by atoms with van der Waals surface area (Å²) in [6.07, 6.45) is 4.86. The van der Waals surface area contributed by atoms with Crippen molar-refractivity contribution >= 4 is 10.8 Å². The fraction of sp³-hybridized carbons (Fsp3) is 0.444. The third kappa shape index (κ3) is 1.97. The van der Waals surface area contributed by atoms with Gasteiger partial charge in [-0.2, -0.15) is 0 Å². The van der Waals surface area contributed by atoms with Gasteiger partial charge in [0.15, 0.2) is 0 Å². The lowest BCUT2D eigenvalue weighted by Crippen LogP contribution is -2.51. The lowest BCUT2D eigenvalue weighted by molar-refractivity contribution is 0.0980. The second-order valence-electron chi connectivity index (χ2n) is 6.62. The molecule has 0 spiro atoms. The molecule has 100 valence electrons. The fourth-order valence-corrected chi connectivity index (χ4v) is 3.53. The summed E-state index contributed by atoms with van der Waals surface area (Å²) in [5.74, 6) is 0. The molecule has 2 aromatic rings. The molecule has 19 heavy (non-hydrogen) atoms. The Kier molecular flexibility index (Phi) is 2.90. The summed E-state index contributed by atoms with van der Waals surface area (Å²) in [5, 5.41) is 2.59. The number of fused-ring (bicyclic) bond motifs is 1. The van der Waals surface area contributed by atoms with Gasteiger partial charge in [0, 0.05) is 5.54 Å². The fourth-order valence-electron chi connectivity index (χ4n) is 3.53. The van der Waals surface area contributed by atoms with Gasteiger partial charge in [0.25, 0.3) is 0 Å². The van der Waals surface area contributed by atoms with Crippen LogP contribution in [0.2, 0.25) is 0 Å². The van der Waals surface area contributed by atoms with Crippen LogP contribution in [-0.4, -0.2) is 0 Å². The highest BCUT2D eigenvalue weighted by Crippen LogP contribution is 2.48. The average molecular weight is 253 g/mol. The van der Waals surface area contributed by atoms with Crippen molar-refractivity contribution < 1.29 is 0 Å². The van der Waals surface area contributed by atoms with Crippen LogP contribution in [0.3, 0.4) is 0 Å². The van der Waals surface area contributed by atoms with Crippen molar-refractivity contribution in [3.05, 3.63) is 48.0 Å². The first-order valence-corrected chi connectivity index (χ1v) is 7.31. The van der Waals surface area contributed by atoms with Crippen molar-refractivity contribution in [2.75, 3.05) is 0 Å². The van der Waals surface area contributed by atoms with Gasteiger partial charge < -0.3 is 5.73 Å².